The van der Waals surface area contributed by atoms with Crippen LogP contribution >= 0.6 is 0 Å². The Labute approximate surface area is 149 Å². The molecular weight excluding hydrogens is 339 g/mol. The summed E-state index contributed by atoms with van der Waals surface area (Å²) >= 11 is 0. The summed E-state index contributed by atoms with van der Waals surface area (Å²) in [5.41, 5.74) is 2.31. The molecule has 1 aliphatic heterocycles. The minimum absolute atomic E-state index is 0.0691. The summed E-state index contributed by atoms with van der Waals surface area (Å²) in [5.74, 6) is -0.654. The molecule has 0 saturated heterocycles. The summed E-state index contributed by atoms with van der Waals surface area (Å²) in [6.45, 7) is 3.44. The number of carbonyl (C=O) groups excluding carboxylic acids is 2. The van der Waals surface area contributed by atoms with Gasteiger partial charge in [-0.05, 0) is 31.5 Å². The third kappa shape index (κ3) is 3.51. The Balaban J connectivity index is 1.86. The van der Waals surface area contributed by atoms with Gasteiger partial charge in [-0.1, -0.05) is 18.2 Å². The smallest absolute Gasteiger partial charge is 0.434 e. The Morgan fingerprint density at radius 2 is 2.08 bits per heavy atom. The summed E-state index contributed by atoms with van der Waals surface area (Å²) < 4.78 is 24.0. The van der Waals surface area contributed by atoms with Crippen molar-refractivity contribution in [3.05, 3.63) is 59.5 Å². The molecule has 0 atom stereocenters. The maximum atomic E-state index is 14.2. The third-order valence-electron chi connectivity index (χ3n) is 3.80. The maximum absolute atomic E-state index is 14.2. The van der Waals surface area contributed by atoms with Crippen LogP contribution in [-0.4, -0.2) is 18.7 Å². The average Bonchev–Trinajstić information content (AvgIpc) is 2.92. The van der Waals surface area contributed by atoms with Crippen LogP contribution in [0.1, 0.15) is 18.1 Å². The zero-order valence-corrected chi connectivity index (χ0v) is 14.3. The normalized spacial score (nSPS) is 14.0. The number of nitrogens with one attached hydrogen (secondary N) is 2. The number of benzene rings is 2. The molecule has 26 heavy (non-hydrogen) atoms. The van der Waals surface area contributed by atoms with E-state index in [-0.39, 0.29) is 24.0 Å². The van der Waals surface area contributed by atoms with Crippen LogP contribution in [-0.2, 0) is 9.53 Å². The summed E-state index contributed by atoms with van der Waals surface area (Å²) in [5, 5.41) is 5.50. The Morgan fingerprint density at radius 1 is 1.31 bits per heavy atom. The van der Waals surface area contributed by atoms with E-state index >= 15 is 0 Å². The molecule has 1 amide bonds. The molecule has 0 fully saturated rings. The first kappa shape index (κ1) is 17.5. The summed E-state index contributed by atoms with van der Waals surface area (Å²) in [6.07, 6.45) is 0.555. The van der Waals surface area contributed by atoms with Crippen molar-refractivity contribution in [2.45, 2.75) is 13.8 Å². The highest BCUT2D eigenvalue weighted by atomic mass is 19.1. The number of halogens is 1. The Kier molecular flexibility index (Phi) is 4.88. The second-order valence-electron chi connectivity index (χ2n) is 5.58. The van der Waals surface area contributed by atoms with Gasteiger partial charge < -0.3 is 20.1 Å². The highest BCUT2D eigenvalue weighted by molar-refractivity contribution is 6.31. The second-order valence-corrected chi connectivity index (χ2v) is 5.58. The van der Waals surface area contributed by atoms with Gasteiger partial charge in [0.2, 0.25) is 0 Å². The molecule has 1 aliphatic rings. The fourth-order valence-electron chi connectivity index (χ4n) is 2.54. The molecule has 1 heterocycles. The number of ether oxygens (including phenoxy) is 2. The SMILES string of the molecule is CCOC(=O)Oc1cc(N/C=C2\C(=O)Nc3ccccc32)c(F)cc1C. The van der Waals surface area contributed by atoms with Crippen molar-refractivity contribution < 1.29 is 23.5 Å². The van der Waals surface area contributed by atoms with Crippen molar-refractivity contribution in [1.29, 1.82) is 0 Å². The van der Waals surface area contributed by atoms with Gasteiger partial charge in [0.15, 0.2) is 0 Å². The third-order valence-corrected chi connectivity index (χ3v) is 3.80. The van der Waals surface area contributed by atoms with Crippen LogP contribution in [0.3, 0.4) is 0 Å². The van der Waals surface area contributed by atoms with Crippen molar-refractivity contribution in [3.63, 3.8) is 0 Å². The Morgan fingerprint density at radius 3 is 2.85 bits per heavy atom. The molecule has 3 rings (SSSR count). The fraction of sp³-hybridized carbons (Fsp3) is 0.158. The topological polar surface area (TPSA) is 76.7 Å². The van der Waals surface area contributed by atoms with E-state index in [9.17, 15) is 14.0 Å². The van der Waals surface area contributed by atoms with Crippen LogP contribution in [0.5, 0.6) is 5.75 Å². The van der Waals surface area contributed by atoms with E-state index in [0.29, 0.717) is 16.8 Å². The van der Waals surface area contributed by atoms with Gasteiger partial charge in [-0.25, -0.2) is 9.18 Å². The van der Waals surface area contributed by atoms with Gasteiger partial charge in [-0.2, -0.15) is 0 Å². The highest BCUT2D eigenvalue weighted by Crippen LogP contribution is 2.32. The fourth-order valence-corrected chi connectivity index (χ4v) is 2.54. The number of fused-ring (bicyclic) bond motifs is 1. The molecule has 2 aromatic rings. The minimum atomic E-state index is -0.865. The number of carbonyl (C=O) groups is 2. The van der Waals surface area contributed by atoms with Gasteiger partial charge in [0, 0.05) is 23.5 Å². The van der Waals surface area contributed by atoms with Gasteiger partial charge in [0.05, 0.1) is 17.9 Å². The molecule has 0 aromatic heterocycles. The van der Waals surface area contributed by atoms with Crippen LogP contribution in [0.15, 0.2) is 42.6 Å². The number of hydrogen-bond acceptors (Lipinski definition) is 5. The zero-order valence-electron chi connectivity index (χ0n) is 14.3. The average molecular weight is 356 g/mol. The molecule has 2 N–H and O–H groups in total. The molecule has 0 unspecified atom stereocenters. The van der Waals surface area contributed by atoms with E-state index in [0.717, 1.165) is 5.56 Å². The second kappa shape index (κ2) is 7.26. The molecule has 2 aromatic carbocycles. The van der Waals surface area contributed by atoms with Crippen molar-refractivity contribution in [2.24, 2.45) is 0 Å². The quantitative estimate of drug-likeness (QED) is 0.490. The predicted molar refractivity (Wildman–Crippen MR) is 95.5 cm³/mol. The number of amides is 1. The van der Waals surface area contributed by atoms with Gasteiger partial charge in [-0.3, -0.25) is 4.79 Å². The Bertz CT molecular complexity index is 908. The molecule has 7 heteroatoms. The maximum Gasteiger partial charge on any atom is 0.513 e. The summed E-state index contributed by atoms with van der Waals surface area (Å²) in [6, 6.07) is 9.78. The summed E-state index contributed by atoms with van der Waals surface area (Å²) in [4.78, 5) is 23.6. The molecule has 0 saturated carbocycles. The van der Waals surface area contributed by atoms with Crippen molar-refractivity contribution >= 4 is 29.0 Å². The summed E-state index contributed by atoms with van der Waals surface area (Å²) in [7, 11) is 0. The first-order valence-electron chi connectivity index (χ1n) is 8.01. The zero-order chi connectivity index (χ0) is 18.7. The first-order chi connectivity index (χ1) is 12.5. The van der Waals surface area contributed by atoms with Crippen LogP contribution in [0.4, 0.5) is 20.6 Å². The van der Waals surface area contributed by atoms with Crippen LogP contribution < -0.4 is 15.4 Å². The van der Waals surface area contributed by atoms with Gasteiger partial charge in [-0.15, -0.1) is 0 Å². The van der Waals surface area contributed by atoms with E-state index in [4.69, 9.17) is 9.47 Å². The number of para-hydroxylation sites is 1. The van der Waals surface area contributed by atoms with Crippen LogP contribution in [0, 0.1) is 12.7 Å². The van der Waals surface area contributed by atoms with Gasteiger partial charge in [0.1, 0.15) is 11.6 Å². The lowest BCUT2D eigenvalue weighted by Gasteiger charge is -2.11. The van der Waals surface area contributed by atoms with E-state index in [1.807, 2.05) is 12.1 Å². The van der Waals surface area contributed by atoms with Crippen LogP contribution in [0.2, 0.25) is 0 Å². The van der Waals surface area contributed by atoms with E-state index in [1.165, 1.54) is 18.3 Å². The van der Waals surface area contributed by atoms with E-state index in [2.05, 4.69) is 10.6 Å². The molecule has 0 aliphatic carbocycles. The standard InChI is InChI=1S/C19H17FN2O4/c1-3-25-19(24)26-17-9-16(14(20)8-11(17)2)21-10-13-12-6-4-5-7-15(12)22-18(13)23/h4-10,21H,3H2,1-2H3,(H,22,23)/b13-10-. The number of hydrogen-bond donors (Lipinski definition) is 2. The molecule has 0 bridgehead atoms. The Hall–Kier alpha value is -3.35. The molecule has 0 spiro atoms. The molecule has 134 valence electrons. The lowest BCUT2D eigenvalue weighted by Crippen LogP contribution is -2.11. The van der Waals surface area contributed by atoms with Crippen molar-refractivity contribution in [3.8, 4) is 5.75 Å². The molecule has 6 nitrogen and oxygen atoms in total. The monoisotopic (exact) mass is 356 g/mol. The number of rotatable bonds is 4. The predicted octanol–water partition coefficient (Wildman–Crippen LogP) is 4.07. The molecular formula is C19H17FN2O4. The first-order valence-corrected chi connectivity index (χ1v) is 8.01. The largest absolute Gasteiger partial charge is 0.513 e. The van der Waals surface area contributed by atoms with Crippen molar-refractivity contribution in [1.82, 2.24) is 0 Å². The molecule has 0 radical (unpaired) electrons. The van der Waals surface area contributed by atoms with E-state index < -0.39 is 12.0 Å². The van der Waals surface area contributed by atoms with Gasteiger partial charge in [0.25, 0.3) is 5.91 Å². The number of anilines is 2. The lowest BCUT2D eigenvalue weighted by atomic mass is 10.1. The van der Waals surface area contributed by atoms with Gasteiger partial charge >= 0.3 is 6.16 Å². The van der Waals surface area contributed by atoms with E-state index in [1.54, 1.807) is 26.0 Å². The van der Waals surface area contributed by atoms with Crippen LogP contribution in [0.25, 0.3) is 5.57 Å². The minimum Gasteiger partial charge on any atom is -0.434 e. The lowest BCUT2D eigenvalue weighted by molar-refractivity contribution is -0.110. The highest BCUT2D eigenvalue weighted by Gasteiger charge is 2.23. The number of aryl methyl sites for hydroxylation is 1. The van der Waals surface area contributed by atoms with Crippen molar-refractivity contribution in [2.75, 3.05) is 17.2 Å².